The highest BCUT2D eigenvalue weighted by molar-refractivity contribution is 6.13. The van der Waals surface area contributed by atoms with Crippen molar-refractivity contribution in [1.29, 1.82) is 0 Å². The Morgan fingerprint density at radius 3 is 1.73 bits per heavy atom. The van der Waals surface area contributed by atoms with Crippen LogP contribution in [-0.2, 0) is 0 Å². The van der Waals surface area contributed by atoms with Gasteiger partial charge >= 0.3 is 0 Å². The summed E-state index contributed by atoms with van der Waals surface area (Å²) in [5.74, 6) is 1.51. The monoisotopic (exact) mass is 806 g/mol. The first kappa shape index (κ1) is 35.1. The van der Waals surface area contributed by atoms with Gasteiger partial charge in [0.05, 0.1) is 39.6 Å². The molecule has 6 heterocycles. The van der Waals surface area contributed by atoms with E-state index in [1.807, 2.05) is 54.9 Å². The van der Waals surface area contributed by atoms with E-state index in [-0.39, 0.29) is 0 Å². The summed E-state index contributed by atoms with van der Waals surface area (Å²) in [6.07, 6.45) is 5.68. The Morgan fingerprint density at radius 2 is 0.984 bits per heavy atom. The van der Waals surface area contributed by atoms with E-state index < -0.39 is 0 Å². The molecule has 63 heavy (non-hydrogen) atoms. The smallest absolute Gasteiger partial charge is 0.162 e. The quantitative estimate of drug-likeness (QED) is 0.167. The van der Waals surface area contributed by atoms with E-state index in [1.165, 1.54) is 10.8 Å². The first-order valence-corrected chi connectivity index (χ1v) is 21.0. The van der Waals surface area contributed by atoms with Crippen LogP contribution in [-0.4, -0.2) is 29.1 Å². The van der Waals surface area contributed by atoms with Crippen LogP contribution >= 0.6 is 0 Å². The van der Waals surface area contributed by atoms with Crippen LogP contribution in [0, 0.1) is 0 Å². The van der Waals surface area contributed by atoms with Crippen molar-refractivity contribution in [2.75, 3.05) is 0 Å². The average Bonchev–Trinajstić information content (AvgIpc) is 4.01. The van der Waals surface area contributed by atoms with Crippen LogP contribution in [0.3, 0.4) is 0 Å². The average molecular weight is 807 g/mol. The van der Waals surface area contributed by atoms with Crippen molar-refractivity contribution in [2.45, 2.75) is 0 Å². The van der Waals surface area contributed by atoms with Crippen LogP contribution in [0.1, 0.15) is 0 Å². The summed E-state index contributed by atoms with van der Waals surface area (Å²) >= 11 is 0. The van der Waals surface area contributed by atoms with Crippen LogP contribution in [0.15, 0.2) is 211 Å². The molecule has 7 heteroatoms. The van der Waals surface area contributed by atoms with Gasteiger partial charge in [-0.15, -0.1) is 0 Å². The van der Waals surface area contributed by atoms with Crippen molar-refractivity contribution in [3.63, 3.8) is 0 Å². The number of hydrogen-bond donors (Lipinski definition) is 0. The highest BCUT2D eigenvalue weighted by Gasteiger charge is 2.19. The molecule has 0 fully saturated rings. The van der Waals surface area contributed by atoms with Gasteiger partial charge < -0.3 is 8.98 Å². The Hall–Kier alpha value is -8.68. The lowest BCUT2D eigenvalue weighted by Gasteiger charge is -2.12. The van der Waals surface area contributed by atoms with Crippen LogP contribution in [0.25, 0.3) is 122 Å². The second kappa shape index (κ2) is 13.9. The summed E-state index contributed by atoms with van der Waals surface area (Å²) in [7, 11) is 0. The van der Waals surface area contributed by atoms with Crippen molar-refractivity contribution in [2.24, 2.45) is 0 Å². The van der Waals surface area contributed by atoms with Gasteiger partial charge in [-0.3, -0.25) is 14.5 Å². The summed E-state index contributed by atoms with van der Waals surface area (Å²) in [4.78, 5) is 19.7. The Labute approximate surface area is 360 Å². The van der Waals surface area contributed by atoms with E-state index in [1.54, 1.807) is 6.20 Å². The Balaban J connectivity index is 0.938. The summed E-state index contributed by atoms with van der Waals surface area (Å²) in [6.45, 7) is 0. The Kier molecular flexibility index (Phi) is 7.77. The van der Waals surface area contributed by atoms with Gasteiger partial charge in [0.2, 0.25) is 0 Å². The van der Waals surface area contributed by atoms with Crippen LogP contribution in [0.4, 0.5) is 0 Å². The molecule has 0 unspecified atom stereocenters. The molecule has 7 nitrogen and oxygen atoms in total. The zero-order valence-electron chi connectivity index (χ0n) is 33.7. The molecular weight excluding hydrogens is 773 g/mol. The van der Waals surface area contributed by atoms with Crippen LogP contribution in [0.5, 0.6) is 0 Å². The molecule has 0 saturated heterocycles. The number of aromatic nitrogens is 6. The second-order valence-electron chi connectivity index (χ2n) is 15.9. The van der Waals surface area contributed by atoms with Crippen molar-refractivity contribution < 1.29 is 4.42 Å². The van der Waals surface area contributed by atoms with Gasteiger partial charge in [-0.1, -0.05) is 115 Å². The number of nitrogens with zero attached hydrogens (tertiary/aromatic N) is 6. The Bertz CT molecular complexity index is 3860. The molecule has 0 aliphatic heterocycles. The molecule has 7 aromatic carbocycles. The van der Waals surface area contributed by atoms with E-state index in [9.17, 15) is 0 Å². The van der Waals surface area contributed by atoms with Gasteiger partial charge in [-0.05, 0) is 83.4 Å². The number of hydrogen-bond acceptors (Lipinski definition) is 5. The summed E-state index contributed by atoms with van der Waals surface area (Å²) in [5, 5.41) is 5.67. The summed E-state index contributed by atoms with van der Waals surface area (Å²) in [6, 6.07) is 65.9. The molecule has 0 spiro atoms. The maximum Gasteiger partial charge on any atom is 0.162 e. The molecule has 0 atom stereocenters. The molecule has 13 aromatic rings. The zero-order valence-corrected chi connectivity index (χ0v) is 33.7. The minimum Gasteiger partial charge on any atom is -0.454 e. The van der Waals surface area contributed by atoms with E-state index in [2.05, 4.69) is 160 Å². The fraction of sp³-hybridized carbons (Fsp3) is 0. The molecule has 0 radical (unpaired) electrons. The zero-order chi connectivity index (χ0) is 41.4. The molecule has 6 aromatic heterocycles. The molecule has 294 valence electrons. The first-order valence-electron chi connectivity index (χ1n) is 21.0. The van der Waals surface area contributed by atoms with Crippen molar-refractivity contribution in [1.82, 2.24) is 29.1 Å². The summed E-state index contributed by atoms with van der Waals surface area (Å²) in [5.41, 5.74) is 15.1. The number of para-hydroxylation sites is 2. The standard InChI is InChI=1S/C56H34N6O/c1-3-12-35(13-4-1)47-32-54(60-56(59-47)36-14-5-2-6-15-36)62-49-19-10-8-17-43(49)45-30-38(22-25-51(45)62)37-21-24-50-44(29-37)42-16-7-9-18-48(42)61(50)41-28-40(33-57-34-41)39-23-26-52-46(31-39)55-53(63-52)20-11-27-58-55/h1-34H. The van der Waals surface area contributed by atoms with E-state index in [0.717, 1.165) is 105 Å². The maximum atomic E-state index is 6.07. The fourth-order valence-electron chi connectivity index (χ4n) is 9.34. The minimum absolute atomic E-state index is 0.687. The molecule has 0 aliphatic rings. The molecule has 0 amide bonds. The molecule has 0 saturated carbocycles. The lowest BCUT2D eigenvalue weighted by molar-refractivity contribution is 0.668. The fourth-order valence-corrected chi connectivity index (χ4v) is 9.34. The maximum absolute atomic E-state index is 6.07. The molecule has 13 rings (SSSR count). The molecule has 0 N–H and O–H groups in total. The normalized spacial score (nSPS) is 11.8. The number of furan rings is 1. The van der Waals surface area contributed by atoms with Gasteiger partial charge in [-0.25, -0.2) is 9.97 Å². The predicted octanol–water partition coefficient (Wildman–Crippen LogP) is 14.0. The van der Waals surface area contributed by atoms with Crippen molar-refractivity contribution in [3.8, 4) is 56.4 Å². The van der Waals surface area contributed by atoms with Crippen molar-refractivity contribution >= 4 is 65.7 Å². The number of rotatable bonds is 6. The number of pyridine rings is 2. The van der Waals surface area contributed by atoms with Crippen molar-refractivity contribution in [3.05, 3.63) is 207 Å². The third kappa shape index (κ3) is 5.67. The number of benzene rings is 7. The SMILES string of the molecule is c1ccc(-c2cc(-n3c4ccccc4c4cc(-c5ccc6c(c5)c5ccccc5n6-c5cncc(-c6ccc7oc8cccnc8c7c6)c5)ccc43)nc(-c3ccccc3)n2)cc1. The first-order chi connectivity index (χ1) is 31.2. The summed E-state index contributed by atoms with van der Waals surface area (Å²) < 4.78 is 10.7. The van der Waals surface area contributed by atoms with Gasteiger partial charge in [0.15, 0.2) is 11.4 Å². The highest BCUT2D eigenvalue weighted by atomic mass is 16.3. The van der Waals surface area contributed by atoms with Crippen LogP contribution < -0.4 is 0 Å². The highest BCUT2D eigenvalue weighted by Crippen LogP contribution is 2.39. The number of fused-ring (bicyclic) bond motifs is 9. The lowest BCUT2D eigenvalue weighted by Crippen LogP contribution is -2.02. The molecule has 0 bridgehead atoms. The predicted molar refractivity (Wildman–Crippen MR) is 255 cm³/mol. The van der Waals surface area contributed by atoms with E-state index in [4.69, 9.17) is 19.4 Å². The third-order valence-corrected chi connectivity index (χ3v) is 12.3. The molecular formula is C56H34N6O. The minimum atomic E-state index is 0.687. The lowest BCUT2D eigenvalue weighted by atomic mass is 10.0. The van der Waals surface area contributed by atoms with Gasteiger partial charge in [0, 0.05) is 62.1 Å². The third-order valence-electron chi connectivity index (χ3n) is 12.3. The Morgan fingerprint density at radius 1 is 0.381 bits per heavy atom. The largest absolute Gasteiger partial charge is 0.454 e. The van der Waals surface area contributed by atoms with Crippen LogP contribution in [0.2, 0.25) is 0 Å². The van der Waals surface area contributed by atoms with Gasteiger partial charge in [-0.2, -0.15) is 0 Å². The second-order valence-corrected chi connectivity index (χ2v) is 15.9. The van der Waals surface area contributed by atoms with E-state index >= 15 is 0 Å². The van der Waals surface area contributed by atoms with Gasteiger partial charge in [0.25, 0.3) is 0 Å². The van der Waals surface area contributed by atoms with E-state index in [0.29, 0.717) is 5.82 Å². The topological polar surface area (TPSA) is 74.6 Å². The molecule has 0 aliphatic carbocycles. The van der Waals surface area contributed by atoms with Gasteiger partial charge in [0.1, 0.15) is 16.9 Å².